The van der Waals surface area contributed by atoms with Crippen LogP contribution in [0.2, 0.25) is 0 Å². The highest BCUT2D eigenvalue weighted by atomic mass is 14.2. The Hall–Kier alpha value is -1.29. The van der Waals surface area contributed by atoms with E-state index in [1.807, 2.05) is 36.4 Å². The first-order valence-corrected chi connectivity index (χ1v) is 2.85. The van der Waals surface area contributed by atoms with Crippen molar-refractivity contribution in [3.63, 3.8) is 0 Å². The van der Waals surface area contributed by atoms with Crippen LogP contribution in [0.3, 0.4) is 0 Å². The zero-order valence-electron chi connectivity index (χ0n) is 4.99. The molecule has 0 radical (unpaired) electrons. The van der Waals surface area contributed by atoms with Crippen LogP contribution in [-0.2, 0) is 0 Å². The molecule has 0 atom stereocenters. The Morgan fingerprint density at radius 1 is 1.33 bits per heavy atom. The van der Waals surface area contributed by atoms with Crippen LogP contribution in [0.1, 0.15) is 0 Å². The molecule has 0 heterocycles. The van der Waals surface area contributed by atoms with Crippen molar-refractivity contribution < 1.29 is 0 Å². The first-order chi connectivity index (χ1) is 4.43. The van der Waals surface area contributed by atoms with Crippen LogP contribution < -0.4 is 0 Å². The summed E-state index contributed by atoms with van der Waals surface area (Å²) in [6.07, 6.45) is 11.4. The number of hydrogen-bond acceptors (Lipinski definition) is 1. The van der Waals surface area contributed by atoms with Gasteiger partial charge in [-0.1, -0.05) is 30.4 Å². The third-order valence-electron chi connectivity index (χ3n) is 1.17. The maximum atomic E-state index is 8.14. The van der Waals surface area contributed by atoms with Crippen LogP contribution in [0.5, 0.6) is 0 Å². The van der Waals surface area contributed by atoms with Crippen LogP contribution in [0, 0.1) is 17.2 Å². The van der Waals surface area contributed by atoms with Crippen LogP contribution in [-0.4, -0.2) is 0 Å². The van der Waals surface area contributed by atoms with E-state index in [-0.39, 0.29) is 0 Å². The predicted octanol–water partition coefficient (Wildman–Crippen LogP) is 1.81. The van der Waals surface area contributed by atoms with Gasteiger partial charge >= 0.3 is 0 Å². The number of allylic oxidation sites excluding steroid dienone is 6. The lowest BCUT2D eigenvalue weighted by atomic mass is 10.1. The average Bonchev–Trinajstić information content (AvgIpc) is 2.34. The van der Waals surface area contributed by atoms with Gasteiger partial charge in [-0.3, -0.25) is 0 Å². The van der Waals surface area contributed by atoms with E-state index in [1.54, 1.807) is 0 Å². The fourth-order valence-electron chi connectivity index (χ4n) is 0.731. The Bertz CT molecular complexity index is 191. The van der Waals surface area contributed by atoms with Gasteiger partial charge in [0.1, 0.15) is 0 Å². The fourth-order valence-corrected chi connectivity index (χ4v) is 0.731. The van der Waals surface area contributed by atoms with Crippen molar-refractivity contribution in [3.05, 3.63) is 36.5 Å². The van der Waals surface area contributed by atoms with Gasteiger partial charge in [-0.25, -0.2) is 0 Å². The molecule has 1 heteroatoms. The second-order valence-electron chi connectivity index (χ2n) is 1.84. The summed E-state index contributed by atoms with van der Waals surface area (Å²) in [6, 6.07) is 1.95. The molecule has 1 rings (SSSR count). The normalized spacial score (nSPS) is 17.2. The first-order valence-electron chi connectivity index (χ1n) is 2.85. The molecule has 1 aliphatic carbocycles. The molecule has 0 aromatic heterocycles. The van der Waals surface area contributed by atoms with Crippen molar-refractivity contribution in [3.8, 4) is 6.07 Å². The van der Waals surface area contributed by atoms with Gasteiger partial charge in [0.25, 0.3) is 0 Å². The van der Waals surface area contributed by atoms with E-state index in [0.717, 1.165) is 0 Å². The molecule has 1 nitrogen and oxygen atoms in total. The number of nitrogens with zero attached hydrogens (tertiary/aromatic N) is 1. The Labute approximate surface area is 54.6 Å². The van der Waals surface area contributed by atoms with Crippen LogP contribution in [0.4, 0.5) is 0 Å². The molecule has 9 heavy (non-hydrogen) atoms. The van der Waals surface area contributed by atoms with Crippen molar-refractivity contribution in [2.24, 2.45) is 5.92 Å². The van der Waals surface area contributed by atoms with Gasteiger partial charge in [-0.2, -0.15) is 5.26 Å². The van der Waals surface area contributed by atoms with E-state index < -0.39 is 0 Å². The minimum absolute atomic E-state index is 0.352. The third-order valence-corrected chi connectivity index (χ3v) is 1.17. The lowest BCUT2D eigenvalue weighted by molar-refractivity contribution is 1.09. The van der Waals surface area contributed by atoms with Gasteiger partial charge in [0.15, 0.2) is 0 Å². The molecule has 0 saturated heterocycles. The second-order valence-corrected chi connectivity index (χ2v) is 1.84. The Morgan fingerprint density at radius 3 is 2.56 bits per heavy atom. The lowest BCUT2D eigenvalue weighted by Gasteiger charge is -1.89. The standard InChI is InChI=1S/C8H7N/c9-7-3-6-8-4-1-2-5-8/h1-6,8H. The molecule has 0 unspecified atom stereocenters. The molecule has 44 valence electrons. The molecule has 0 aromatic rings. The topological polar surface area (TPSA) is 23.8 Å². The van der Waals surface area contributed by atoms with Gasteiger partial charge in [0, 0.05) is 12.0 Å². The number of nitriles is 1. The number of hydrogen-bond donors (Lipinski definition) is 0. The van der Waals surface area contributed by atoms with Crippen molar-refractivity contribution in [1.29, 1.82) is 5.26 Å². The van der Waals surface area contributed by atoms with Crippen molar-refractivity contribution in [1.82, 2.24) is 0 Å². The maximum absolute atomic E-state index is 8.14. The quantitative estimate of drug-likeness (QED) is 0.480. The largest absolute Gasteiger partial charge is 0.193 e. The van der Waals surface area contributed by atoms with E-state index in [1.165, 1.54) is 6.08 Å². The molecule has 0 aliphatic heterocycles. The van der Waals surface area contributed by atoms with Crippen molar-refractivity contribution in [2.75, 3.05) is 0 Å². The summed E-state index contributed by atoms with van der Waals surface area (Å²) in [5, 5.41) is 8.14. The lowest BCUT2D eigenvalue weighted by Crippen LogP contribution is -1.78. The summed E-state index contributed by atoms with van der Waals surface area (Å²) < 4.78 is 0. The van der Waals surface area contributed by atoms with E-state index in [9.17, 15) is 0 Å². The van der Waals surface area contributed by atoms with E-state index >= 15 is 0 Å². The summed E-state index contributed by atoms with van der Waals surface area (Å²) >= 11 is 0. The molecule has 0 fully saturated rings. The Morgan fingerprint density at radius 2 is 2.00 bits per heavy atom. The minimum atomic E-state index is 0.352. The van der Waals surface area contributed by atoms with E-state index in [4.69, 9.17) is 5.26 Å². The molecular weight excluding hydrogens is 110 g/mol. The summed E-state index contributed by atoms with van der Waals surface area (Å²) in [5.41, 5.74) is 0. The van der Waals surface area contributed by atoms with Gasteiger partial charge < -0.3 is 0 Å². The zero-order chi connectivity index (χ0) is 6.53. The molecule has 1 aliphatic rings. The van der Waals surface area contributed by atoms with Crippen LogP contribution >= 0.6 is 0 Å². The summed E-state index contributed by atoms with van der Waals surface area (Å²) in [6.45, 7) is 0. The molecular formula is C8H7N. The van der Waals surface area contributed by atoms with Crippen LogP contribution in [0.25, 0.3) is 0 Å². The average molecular weight is 117 g/mol. The first kappa shape index (κ1) is 5.84. The third kappa shape index (κ3) is 1.58. The fraction of sp³-hybridized carbons (Fsp3) is 0.125. The highest BCUT2D eigenvalue weighted by molar-refractivity contribution is 5.24. The SMILES string of the molecule is N#CC=CC1C=CC=C1. The summed E-state index contributed by atoms with van der Waals surface area (Å²) in [7, 11) is 0. The van der Waals surface area contributed by atoms with Gasteiger partial charge in [-0.15, -0.1) is 0 Å². The Balaban J connectivity index is 2.48. The highest BCUT2D eigenvalue weighted by Crippen LogP contribution is 2.08. The zero-order valence-corrected chi connectivity index (χ0v) is 4.99. The monoisotopic (exact) mass is 117 g/mol. The molecule has 0 saturated carbocycles. The summed E-state index contributed by atoms with van der Waals surface area (Å²) in [5.74, 6) is 0.352. The van der Waals surface area contributed by atoms with Gasteiger partial charge in [0.05, 0.1) is 6.07 Å². The molecule has 0 N–H and O–H groups in total. The molecule has 0 spiro atoms. The van der Waals surface area contributed by atoms with Crippen molar-refractivity contribution >= 4 is 0 Å². The van der Waals surface area contributed by atoms with Gasteiger partial charge in [-0.05, 0) is 0 Å². The second kappa shape index (κ2) is 2.88. The number of rotatable bonds is 1. The Kier molecular flexibility index (Phi) is 1.87. The van der Waals surface area contributed by atoms with E-state index in [2.05, 4.69) is 0 Å². The molecule has 0 amide bonds. The summed E-state index contributed by atoms with van der Waals surface area (Å²) in [4.78, 5) is 0. The smallest absolute Gasteiger partial charge is 0.0909 e. The molecule has 0 aromatic carbocycles. The van der Waals surface area contributed by atoms with Crippen LogP contribution in [0.15, 0.2) is 36.5 Å². The predicted molar refractivity (Wildman–Crippen MR) is 36.5 cm³/mol. The minimum Gasteiger partial charge on any atom is -0.193 e. The maximum Gasteiger partial charge on any atom is 0.0909 e. The van der Waals surface area contributed by atoms with E-state index in [0.29, 0.717) is 5.92 Å². The van der Waals surface area contributed by atoms with Crippen molar-refractivity contribution in [2.45, 2.75) is 0 Å². The molecule has 0 bridgehead atoms. The highest BCUT2D eigenvalue weighted by Gasteiger charge is 1.95. The van der Waals surface area contributed by atoms with Gasteiger partial charge in [0.2, 0.25) is 0 Å².